The molecule has 0 aliphatic heterocycles. The van der Waals surface area contributed by atoms with Crippen LogP contribution in [0.4, 0.5) is 0 Å². The van der Waals surface area contributed by atoms with Gasteiger partial charge in [-0.3, -0.25) is 0 Å². The quantitative estimate of drug-likeness (QED) is 0.670. The number of thioether (sulfide) groups is 1. The standard InChI is InChI=1S/C16H20S/c1-2-9-14(10-3-1)17-16-12-5-4-7-13-8-6-11-15(13)16/h1-3,9-10,13H,4-8,11-12H2. The van der Waals surface area contributed by atoms with Crippen LogP contribution < -0.4 is 0 Å². The van der Waals surface area contributed by atoms with Crippen LogP contribution in [0.2, 0.25) is 0 Å². The van der Waals surface area contributed by atoms with Crippen LogP contribution in [0.25, 0.3) is 0 Å². The summed E-state index contributed by atoms with van der Waals surface area (Å²) >= 11 is 2.03. The second-order valence-electron chi connectivity index (χ2n) is 5.20. The van der Waals surface area contributed by atoms with Crippen molar-refractivity contribution in [2.75, 3.05) is 0 Å². The predicted molar refractivity (Wildman–Crippen MR) is 75.1 cm³/mol. The summed E-state index contributed by atoms with van der Waals surface area (Å²) in [6.45, 7) is 0. The van der Waals surface area contributed by atoms with Gasteiger partial charge < -0.3 is 0 Å². The first kappa shape index (κ1) is 11.4. The minimum absolute atomic E-state index is 0.934. The minimum atomic E-state index is 0.934. The highest BCUT2D eigenvalue weighted by Crippen LogP contribution is 2.45. The van der Waals surface area contributed by atoms with Gasteiger partial charge in [-0.05, 0) is 61.5 Å². The maximum absolute atomic E-state index is 2.24. The lowest BCUT2D eigenvalue weighted by molar-refractivity contribution is 0.547. The average molecular weight is 244 g/mol. The van der Waals surface area contributed by atoms with Gasteiger partial charge in [0, 0.05) is 4.90 Å². The third kappa shape index (κ3) is 2.60. The average Bonchev–Trinajstić information content (AvgIpc) is 2.75. The van der Waals surface area contributed by atoms with E-state index in [4.69, 9.17) is 0 Å². The van der Waals surface area contributed by atoms with Gasteiger partial charge in [-0.15, -0.1) is 0 Å². The fourth-order valence-electron chi connectivity index (χ4n) is 3.19. The number of fused-ring (bicyclic) bond motifs is 1. The molecule has 0 aromatic heterocycles. The topological polar surface area (TPSA) is 0 Å². The lowest BCUT2D eigenvalue weighted by Crippen LogP contribution is -1.95. The van der Waals surface area contributed by atoms with E-state index in [2.05, 4.69) is 30.3 Å². The van der Waals surface area contributed by atoms with Crippen molar-refractivity contribution in [3.8, 4) is 0 Å². The summed E-state index contributed by atoms with van der Waals surface area (Å²) in [5.74, 6) is 0.934. The van der Waals surface area contributed by atoms with Crippen LogP contribution in [-0.4, -0.2) is 0 Å². The molecule has 0 spiro atoms. The summed E-state index contributed by atoms with van der Waals surface area (Å²) in [6, 6.07) is 10.9. The molecule has 1 saturated carbocycles. The molecule has 1 heteroatoms. The van der Waals surface area contributed by atoms with E-state index in [1.54, 1.807) is 4.91 Å². The highest BCUT2D eigenvalue weighted by molar-refractivity contribution is 8.03. The molecule has 1 fully saturated rings. The van der Waals surface area contributed by atoms with Gasteiger partial charge in [0.05, 0.1) is 0 Å². The van der Waals surface area contributed by atoms with Crippen LogP contribution in [0.3, 0.4) is 0 Å². The molecule has 0 radical (unpaired) electrons. The van der Waals surface area contributed by atoms with E-state index >= 15 is 0 Å². The van der Waals surface area contributed by atoms with Crippen molar-refractivity contribution < 1.29 is 0 Å². The molecule has 1 aromatic carbocycles. The van der Waals surface area contributed by atoms with Gasteiger partial charge in [-0.2, -0.15) is 0 Å². The Morgan fingerprint density at radius 2 is 1.71 bits per heavy atom. The van der Waals surface area contributed by atoms with Crippen LogP contribution in [0.15, 0.2) is 45.7 Å². The molecule has 2 aliphatic carbocycles. The molecular formula is C16H20S. The second kappa shape index (κ2) is 5.30. The van der Waals surface area contributed by atoms with Crippen molar-refractivity contribution in [2.45, 2.75) is 49.8 Å². The Kier molecular flexibility index (Phi) is 3.56. The van der Waals surface area contributed by atoms with E-state index in [-0.39, 0.29) is 0 Å². The second-order valence-corrected chi connectivity index (χ2v) is 6.37. The number of hydrogen-bond acceptors (Lipinski definition) is 1. The van der Waals surface area contributed by atoms with Crippen LogP contribution in [0.5, 0.6) is 0 Å². The predicted octanol–water partition coefficient (Wildman–Crippen LogP) is 5.41. The Morgan fingerprint density at radius 3 is 2.59 bits per heavy atom. The van der Waals surface area contributed by atoms with E-state index < -0.39 is 0 Å². The fourth-order valence-corrected chi connectivity index (χ4v) is 4.41. The molecule has 0 bridgehead atoms. The molecule has 2 aliphatic rings. The first-order chi connectivity index (χ1) is 8.43. The lowest BCUT2D eigenvalue weighted by Gasteiger charge is -2.13. The van der Waals surface area contributed by atoms with E-state index in [1.807, 2.05) is 17.3 Å². The smallest absolute Gasteiger partial charge is 0.0119 e. The molecule has 3 rings (SSSR count). The Balaban J connectivity index is 1.84. The van der Waals surface area contributed by atoms with Gasteiger partial charge in [0.25, 0.3) is 0 Å². The fraction of sp³-hybridized carbons (Fsp3) is 0.500. The SMILES string of the molecule is c1ccc(SC2=C3CCCC3CCCC2)cc1. The van der Waals surface area contributed by atoms with Crippen molar-refractivity contribution in [3.05, 3.63) is 40.8 Å². The molecule has 1 aromatic rings. The zero-order chi connectivity index (χ0) is 11.5. The summed E-state index contributed by atoms with van der Waals surface area (Å²) in [4.78, 5) is 3.12. The van der Waals surface area contributed by atoms with E-state index in [0.717, 1.165) is 5.92 Å². The van der Waals surface area contributed by atoms with Crippen LogP contribution in [0, 0.1) is 5.92 Å². The zero-order valence-corrected chi connectivity index (χ0v) is 11.1. The summed E-state index contributed by atoms with van der Waals surface area (Å²) < 4.78 is 0. The number of hydrogen-bond donors (Lipinski definition) is 0. The third-order valence-corrected chi connectivity index (χ3v) is 5.26. The molecule has 0 heterocycles. The van der Waals surface area contributed by atoms with Crippen molar-refractivity contribution >= 4 is 11.8 Å². The molecule has 0 nitrogen and oxygen atoms in total. The maximum atomic E-state index is 2.24. The Hall–Kier alpha value is -0.690. The van der Waals surface area contributed by atoms with Crippen molar-refractivity contribution in [1.29, 1.82) is 0 Å². The molecule has 0 saturated heterocycles. The number of benzene rings is 1. The molecule has 0 N–H and O–H groups in total. The zero-order valence-electron chi connectivity index (χ0n) is 10.3. The summed E-state index contributed by atoms with van der Waals surface area (Å²) in [5, 5.41) is 0. The lowest BCUT2D eigenvalue weighted by atomic mass is 9.99. The monoisotopic (exact) mass is 244 g/mol. The normalized spacial score (nSPS) is 24.6. The molecule has 1 atom stereocenters. The van der Waals surface area contributed by atoms with E-state index in [1.165, 1.54) is 49.8 Å². The van der Waals surface area contributed by atoms with Gasteiger partial charge in [0.2, 0.25) is 0 Å². The van der Waals surface area contributed by atoms with Gasteiger partial charge in [0.1, 0.15) is 0 Å². The van der Waals surface area contributed by atoms with E-state index in [0.29, 0.717) is 0 Å². The maximum Gasteiger partial charge on any atom is 0.0119 e. The molecule has 17 heavy (non-hydrogen) atoms. The molecule has 1 unspecified atom stereocenters. The van der Waals surface area contributed by atoms with Crippen LogP contribution in [-0.2, 0) is 0 Å². The third-order valence-electron chi connectivity index (χ3n) is 4.04. The highest BCUT2D eigenvalue weighted by atomic mass is 32.2. The Bertz CT molecular complexity index is 405. The Labute approximate surface area is 109 Å². The molecular weight excluding hydrogens is 224 g/mol. The number of rotatable bonds is 2. The summed E-state index contributed by atoms with van der Waals surface area (Å²) in [7, 11) is 0. The van der Waals surface area contributed by atoms with Gasteiger partial charge in [-0.25, -0.2) is 0 Å². The first-order valence-corrected chi connectivity index (χ1v) is 7.70. The summed E-state index contributed by atoms with van der Waals surface area (Å²) in [6.07, 6.45) is 9.87. The van der Waals surface area contributed by atoms with Crippen molar-refractivity contribution in [1.82, 2.24) is 0 Å². The minimum Gasteiger partial charge on any atom is -0.0946 e. The van der Waals surface area contributed by atoms with Crippen LogP contribution >= 0.6 is 11.8 Å². The number of allylic oxidation sites excluding steroid dienone is 2. The highest BCUT2D eigenvalue weighted by Gasteiger charge is 2.26. The molecule has 0 amide bonds. The van der Waals surface area contributed by atoms with Gasteiger partial charge >= 0.3 is 0 Å². The van der Waals surface area contributed by atoms with Gasteiger partial charge in [-0.1, -0.05) is 42.0 Å². The largest absolute Gasteiger partial charge is 0.0946 e. The Morgan fingerprint density at radius 1 is 0.882 bits per heavy atom. The van der Waals surface area contributed by atoms with Crippen molar-refractivity contribution in [2.24, 2.45) is 5.92 Å². The van der Waals surface area contributed by atoms with Crippen LogP contribution in [0.1, 0.15) is 44.9 Å². The first-order valence-electron chi connectivity index (χ1n) is 6.88. The van der Waals surface area contributed by atoms with E-state index in [9.17, 15) is 0 Å². The molecule has 90 valence electrons. The summed E-state index contributed by atoms with van der Waals surface area (Å²) in [5.41, 5.74) is 1.82. The van der Waals surface area contributed by atoms with Crippen molar-refractivity contribution in [3.63, 3.8) is 0 Å². The van der Waals surface area contributed by atoms with Gasteiger partial charge in [0.15, 0.2) is 0 Å².